The molecule has 17 heavy (non-hydrogen) atoms. The molecule has 0 unspecified atom stereocenters. The van der Waals surface area contributed by atoms with Crippen LogP contribution in [0.5, 0.6) is 0 Å². The molecule has 0 radical (unpaired) electrons. The summed E-state index contributed by atoms with van der Waals surface area (Å²) in [6, 6.07) is 6.73. The summed E-state index contributed by atoms with van der Waals surface area (Å²) < 4.78 is 0. The average Bonchev–Trinajstić information content (AvgIpc) is 2.29. The highest BCUT2D eigenvalue weighted by atomic mass is 35.5. The molecule has 0 aliphatic carbocycles. The van der Waals surface area contributed by atoms with Crippen LogP contribution in [-0.4, -0.2) is 11.1 Å². The fraction of sp³-hybridized carbons (Fsp3) is 0.385. The third-order valence-electron chi connectivity index (χ3n) is 2.42. The van der Waals surface area contributed by atoms with E-state index in [-0.39, 0.29) is 5.91 Å². The van der Waals surface area contributed by atoms with Crippen LogP contribution in [0.1, 0.15) is 43.0 Å². The Morgan fingerprint density at radius 2 is 1.94 bits per heavy atom. The molecule has 3 nitrogen and oxygen atoms in total. The van der Waals surface area contributed by atoms with E-state index in [4.69, 9.17) is 11.6 Å². The highest BCUT2D eigenvalue weighted by molar-refractivity contribution is 6.68. The lowest BCUT2D eigenvalue weighted by molar-refractivity contribution is -0.116. The molecule has 0 spiro atoms. The summed E-state index contributed by atoms with van der Waals surface area (Å²) in [5.41, 5.74) is 0.812. The lowest BCUT2D eigenvalue weighted by atomic mass is 10.1. The number of para-hydroxylation sites is 1. The van der Waals surface area contributed by atoms with Crippen LogP contribution in [-0.2, 0) is 4.79 Å². The maximum atomic E-state index is 11.6. The van der Waals surface area contributed by atoms with Gasteiger partial charge in [0.2, 0.25) is 5.91 Å². The van der Waals surface area contributed by atoms with Crippen molar-refractivity contribution >= 4 is 28.4 Å². The molecule has 0 bridgehead atoms. The molecule has 0 aromatic heterocycles. The van der Waals surface area contributed by atoms with E-state index < -0.39 is 5.24 Å². The van der Waals surface area contributed by atoms with Crippen molar-refractivity contribution in [3.8, 4) is 0 Å². The van der Waals surface area contributed by atoms with Crippen molar-refractivity contribution < 1.29 is 9.59 Å². The fourth-order valence-corrected chi connectivity index (χ4v) is 1.68. The Labute approximate surface area is 106 Å². The van der Waals surface area contributed by atoms with E-state index in [1.165, 1.54) is 0 Å². The lowest BCUT2D eigenvalue weighted by Crippen LogP contribution is -2.13. The molecule has 0 heterocycles. The average molecular weight is 254 g/mol. The SMILES string of the molecule is CCCCCC(=O)Nc1ccccc1C(=O)Cl. The summed E-state index contributed by atoms with van der Waals surface area (Å²) in [7, 11) is 0. The molecule has 1 rings (SSSR count). The largest absolute Gasteiger partial charge is 0.325 e. The van der Waals surface area contributed by atoms with E-state index in [0.29, 0.717) is 17.7 Å². The van der Waals surface area contributed by atoms with E-state index >= 15 is 0 Å². The van der Waals surface area contributed by atoms with Crippen LogP contribution in [0.25, 0.3) is 0 Å². The predicted molar refractivity (Wildman–Crippen MR) is 69.4 cm³/mol. The first-order valence-corrected chi connectivity index (χ1v) is 6.11. The molecule has 1 aromatic carbocycles. The number of carbonyl (C=O) groups is 2. The third-order valence-corrected chi connectivity index (χ3v) is 2.62. The van der Waals surface area contributed by atoms with Crippen LogP contribution >= 0.6 is 11.6 Å². The summed E-state index contributed by atoms with van der Waals surface area (Å²) in [5, 5.41) is 2.15. The van der Waals surface area contributed by atoms with Gasteiger partial charge in [-0.1, -0.05) is 31.9 Å². The second-order valence-electron chi connectivity index (χ2n) is 3.82. The number of halogens is 1. The zero-order valence-corrected chi connectivity index (χ0v) is 10.6. The highest BCUT2D eigenvalue weighted by Crippen LogP contribution is 2.17. The Morgan fingerprint density at radius 3 is 2.59 bits per heavy atom. The zero-order valence-electron chi connectivity index (χ0n) is 9.83. The monoisotopic (exact) mass is 253 g/mol. The minimum Gasteiger partial charge on any atom is -0.325 e. The number of amides is 1. The molecule has 1 N–H and O–H groups in total. The smallest absolute Gasteiger partial charge is 0.254 e. The lowest BCUT2D eigenvalue weighted by Gasteiger charge is -2.07. The molecule has 4 heteroatoms. The van der Waals surface area contributed by atoms with Gasteiger partial charge in [0.15, 0.2) is 0 Å². The molecule has 0 aliphatic rings. The molecular weight excluding hydrogens is 238 g/mol. The highest BCUT2D eigenvalue weighted by Gasteiger charge is 2.10. The van der Waals surface area contributed by atoms with Gasteiger partial charge in [0.1, 0.15) is 0 Å². The second-order valence-corrected chi connectivity index (χ2v) is 4.17. The summed E-state index contributed by atoms with van der Waals surface area (Å²) in [4.78, 5) is 22.7. The van der Waals surface area contributed by atoms with Crippen molar-refractivity contribution in [2.45, 2.75) is 32.6 Å². The fourth-order valence-electron chi connectivity index (χ4n) is 1.51. The van der Waals surface area contributed by atoms with E-state index in [1.807, 2.05) is 0 Å². The predicted octanol–water partition coefficient (Wildman–Crippen LogP) is 3.58. The van der Waals surface area contributed by atoms with Crippen LogP contribution < -0.4 is 5.32 Å². The summed E-state index contributed by atoms with van der Waals surface area (Å²) in [5.74, 6) is -0.0798. The van der Waals surface area contributed by atoms with Crippen molar-refractivity contribution in [1.29, 1.82) is 0 Å². The van der Waals surface area contributed by atoms with Gasteiger partial charge in [-0.05, 0) is 30.2 Å². The maximum Gasteiger partial charge on any atom is 0.254 e. The first kappa shape index (κ1) is 13.7. The number of carbonyl (C=O) groups excluding carboxylic acids is 2. The van der Waals surface area contributed by atoms with Gasteiger partial charge >= 0.3 is 0 Å². The zero-order chi connectivity index (χ0) is 12.7. The Hall–Kier alpha value is -1.35. The van der Waals surface area contributed by atoms with Crippen molar-refractivity contribution in [1.82, 2.24) is 0 Å². The second kappa shape index (κ2) is 7.07. The van der Waals surface area contributed by atoms with Gasteiger partial charge in [0.25, 0.3) is 5.24 Å². The van der Waals surface area contributed by atoms with Gasteiger partial charge in [0.05, 0.1) is 11.3 Å². The molecule has 0 saturated carbocycles. The number of benzene rings is 1. The number of hydrogen-bond donors (Lipinski definition) is 1. The molecule has 1 amide bonds. The maximum absolute atomic E-state index is 11.6. The number of rotatable bonds is 6. The number of anilines is 1. The topological polar surface area (TPSA) is 46.2 Å². The van der Waals surface area contributed by atoms with Crippen molar-refractivity contribution in [2.24, 2.45) is 0 Å². The molecule has 1 aromatic rings. The van der Waals surface area contributed by atoms with Gasteiger partial charge in [-0.2, -0.15) is 0 Å². The van der Waals surface area contributed by atoms with Crippen molar-refractivity contribution in [3.63, 3.8) is 0 Å². The molecule has 0 fully saturated rings. The van der Waals surface area contributed by atoms with E-state index in [9.17, 15) is 9.59 Å². The third kappa shape index (κ3) is 4.57. The van der Waals surface area contributed by atoms with E-state index in [2.05, 4.69) is 12.2 Å². The Morgan fingerprint density at radius 1 is 1.24 bits per heavy atom. The van der Waals surface area contributed by atoms with E-state index in [1.54, 1.807) is 24.3 Å². The molecular formula is C13H16ClNO2. The Bertz CT molecular complexity index is 404. The summed E-state index contributed by atoms with van der Waals surface area (Å²) in [6.45, 7) is 2.08. The van der Waals surface area contributed by atoms with Crippen LogP contribution in [0.3, 0.4) is 0 Å². The van der Waals surface area contributed by atoms with Crippen molar-refractivity contribution in [3.05, 3.63) is 29.8 Å². The number of unbranched alkanes of at least 4 members (excludes halogenated alkanes) is 2. The first-order chi connectivity index (χ1) is 8.15. The minimum atomic E-state index is -0.561. The first-order valence-electron chi connectivity index (χ1n) is 5.74. The van der Waals surface area contributed by atoms with Gasteiger partial charge in [0, 0.05) is 6.42 Å². The molecule has 92 valence electrons. The van der Waals surface area contributed by atoms with Crippen LogP contribution in [0, 0.1) is 0 Å². The number of hydrogen-bond acceptors (Lipinski definition) is 2. The van der Waals surface area contributed by atoms with Gasteiger partial charge in [-0.3, -0.25) is 9.59 Å². The standard InChI is InChI=1S/C13H16ClNO2/c1-2-3-4-9-12(16)15-11-8-6-5-7-10(11)13(14)17/h5-8H,2-4,9H2,1H3,(H,15,16). The summed E-state index contributed by atoms with van der Waals surface area (Å²) in [6.07, 6.45) is 3.44. The minimum absolute atomic E-state index is 0.0798. The Kier molecular flexibility index (Phi) is 5.70. The quantitative estimate of drug-likeness (QED) is 0.622. The van der Waals surface area contributed by atoms with Crippen molar-refractivity contribution in [2.75, 3.05) is 5.32 Å². The van der Waals surface area contributed by atoms with E-state index in [0.717, 1.165) is 19.3 Å². The molecule has 0 atom stereocenters. The normalized spacial score (nSPS) is 10.0. The van der Waals surface area contributed by atoms with Gasteiger partial charge < -0.3 is 5.32 Å². The molecule has 0 aliphatic heterocycles. The number of nitrogens with one attached hydrogen (secondary N) is 1. The van der Waals surface area contributed by atoms with Crippen LogP contribution in [0.4, 0.5) is 5.69 Å². The van der Waals surface area contributed by atoms with Crippen LogP contribution in [0.2, 0.25) is 0 Å². The molecule has 0 saturated heterocycles. The van der Waals surface area contributed by atoms with Gasteiger partial charge in [-0.25, -0.2) is 0 Å². The van der Waals surface area contributed by atoms with Gasteiger partial charge in [-0.15, -0.1) is 0 Å². The Balaban J connectivity index is 2.61. The van der Waals surface area contributed by atoms with Crippen LogP contribution in [0.15, 0.2) is 24.3 Å². The summed E-state index contributed by atoms with van der Waals surface area (Å²) >= 11 is 5.43.